The Hall–Kier alpha value is -3.00. The summed E-state index contributed by atoms with van der Waals surface area (Å²) in [6.07, 6.45) is 2.74. The lowest BCUT2D eigenvalue weighted by molar-refractivity contribution is 0.167. The van der Waals surface area contributed by atoms with Gasteiger partial charge in [0.2, 0.25) is 0 Å². The van der Waals surface area contributed by atoms with Crippen molar-refractivity contribution < 1.29 is 9.47 Å². The van der Waals surface area contributed by atoms with Crippen LogP contribution in [0.3, 0.4) is 0 Å². The van der Waals surface area contributed by atoms with Crippen LogP contribution in [0.1, 0.15) is 35.1 Å². The van der Waals surface area contributed by atoms with Gasteiger partial charge in [0.15, 0.2) is 0 Å². The van der Waals surface area contributed by atoms with Crippen LogP contribution in [-0.4, -0.2) is 6.61 Å². The molecule has 3 aromatic rings. The van der Waals surface area contributed by atoms with Crippen LogP contribution in [0, 0.1) is 0 Å². The van der Waals surface area contributed by atoms with Crippen LogP contribution in [0.2, 0.25) is 0 Å². The van der Waals surface area contributed by atoms with Crippen molar-refractivity contribution >= 4 is 0 Å². The lowest BCUT2D eigenvalue weighted by atomic mass is 9.82. The minimum absolute atomic E-state index is 0.0628. The van der Waals surface area contributed by atoms with Gasteiger partial charge in [0.25, 0.3) is 0 Å². The molecular weight excluding hydrogens is 320 g/mol. The Balaban J connectivity index is 1.66. The molecule has 0 bridgehead atoms. The van der Waals surface area contributed by atoms with E-state index in [-0.39, 0.29) is 6.10 Å². The van der Waals surface area contributed by atoms with Crippen LogP contribution >= 0.6 is 0 Å². The molecule has 0 amide bonds. The third-order valence-electron chi connectivity index (χ3n) is 4.84. The van der Waals surface area contributed by atoms with Gasteiger partial charge in [-0.05, 0) is 35.7 Å². The van der Waals surface area contributed by atoms with Crippen LogP contribution in [-0.2, 0) is 0 Å². The van der Waals surface area contributed by atoms with Crippen LogP contribution in [0.15, 0.2) is 91.5 Å². The van der Waals surface area contributed by atoms with Gasteiger partial charge in [-0.1, -0.05) is 73.3 Å². The Labute approximate surface area is 154 Å². The maximum atomic E-state index is 6.31. The van der Waals surface area contributed by atoms with Crippen molar-refractivity contribution in [2.45, 2.75) is 18.4 Å². The Morgan fingerprint density at radius 2 is 1.62 bits per heavy atom. The monoisotopic (exact) mass is 342 g/mol. The highest BCUT2D eigenvalue weighted by Crippen LogP contribution is 2.45. The molecular formula is C24H22O2. The molecule has 0 aromatic heterocycles. The number of ether oxygens (including phenoxy) is 2. The molecule has 0 unspecified atom stereocenters. The second kappa shape index (κ2) is 7.49. The Morgan fingerprint density at radius 1 is 0.885 bits per heavy atom. The first kappa shape index (κ1) is 16.5. The number of hydrogen-bond acceptors (Lipinski definition) is 2. The molecule has 1 heterocycles. The summed E-state index contributed by atoms with van der Waals surface area (Å²) >= 11 is 0. The first-order chi connectivity index (χ1) is 12.8. The zero-order valence-corrected chi connectivity index (χ0v) is 14.7. The maximum absolute atomic E-state index is 6.31. The topological polar surface area (TPSA) is 18.5 Å². The Morgan fingerprint density at radius 3 is 2.38 bits per heavy atom. The quantitative estimate of drug-likeness (QED) is 0.537. The van der Waals surface area contributed by atoms with E-state index in [0.717, 1.165) is 17.9 Å². The zero-order chi connectivity index (χ0) is 17.8. The average molecular weight is 342 g/mol. The molecule has 0 saturated heterocycles. The number of benzene rings is 3. The molecule has 4 rings (SSSR count). The fourth-order valence-corrected chi connectivity index (χ4v) is 3.56. The predicted octanol–water partition coefficient (Wildman–Crippen LogP) is 5.91. The fraction of sp³-hybridized carbons (Fsp3) is 0.167. The lowest BCUT2D eigenvalue weighted by Gasteiger charge is -2.33. The number of hydrogen-bond donors (Lipinski definition) is 0. The summed E-state index contributed by atoms with van der Waals surface area (Å²) in [6.45, 7) is 4.21. The smallest absolute Gasteiger partial charge is 0.125 e. The molecule has 0 saturated carbocycles. The number of fused-ring (bicyclic) bond motifs is 1. The summed E-state index contributed by atoms with van der Waals surface area (Å²) in [6, 6.07) is 27.2. The van der Waals surface area contributed by atoms with Gasteiger partial charge in [-0.25, -0.2) is 0 Å². The molecule has 130 valence electrons. The highest BCUT2D eigenvalue weighted by molar-refractivity contribution is 5.45. The third-order valence-corrected chi connectivity index (χ3v) is 4.84. The standard InChI is InChI=1S/C24H22O2/c1-2-16-25-20-14-12-18(13-15-20)22-17-24(19-8-4-3-5-9-19)26-23-11-7-6-10-21(22)23/h2-15,22,24H,1,16-17H2/t22-,24+/m0/s1. The minimum Gasteiger partial charge on any atom is -0.490 e. The molecule has 2 nitrogen and oxygen atoms in total. The lowest BCUT2D eigenvalue weighted by Crippen LogP contribution is -2.19. The summed E-state index contributed by atoms with van der Waals surface area (Å²) in [5.74, 6) is 2.15. The van der Waals surface area contributed by atoms with Gasteiger partial charge < -0.3 is 9.47 Å². The zero-order valence-electron chi connectivity index (χ0n) is 14.7. The van der Waals surface area contributed by atoms with Crippen molar-refractivity contribution in [1.82, 2.24) is 0 Å². The van der Waals surface area contributed by atoms with Crippen LogP contribution in [0.5, 0.6) is 11.5 Å². The molecule has 26 heavy (non-hydrogen) atoms. The van der Waals surface area contributed by atoms with Crippen LogP contribution < -0.4 is 9.47 Å². The van der Waals surface area contributed by atoms with Gasteiger partial charge in [0, 0.05) is 11.5 Å². The molecule has 0 N–H and O–H groups in total. The van der Waals surface area contributed by atoms with E-state index in [4.69, 9.17) is 9.47 Å². The largest absolute Gasteiger partial charge is 0.490 e. The summed E-state index contributed by atoms with van der Waals surface area (Å²) in [4.78, 5) is 0. The van der Waals surface area contributed by atoms with Gasteiger partial charge in [0.05, 0.1) is 0 Å². The average Bonchev–Trinajstić information content (AvgIpc) is 2.72. The SMILES string of the molecule is C=CCOc1ccc([C@@H]2C[C@H](c3ccccc3)Oc3ccccc32)cc1. The molecule has 0 fully saturated rings. The minimum atomic E-state index is 0.0628. The molecule has 0 aliphatic carbocycles. The summed E-state index contributed by atoms with van der Waals surface area (Å²) in [5, 5.41) is 0. The number of para-hydroxylation sites is 1. The first-order valence-corrected chi connectivity index (χ1v) is 8.99. The summed E-state index contributed by atoms with van der Waals surface area (Å²) < 4.78 is 11.9. The van der Waals surface area contributed by atoms with Crippen molar-refractivity contribution in [3.8, 4) is 11.5 Å². The van der Waals surface area contributed by atoms with E-state index < -0.39 is 0 Å². The summed E-state index contributed by atoms with van der Waals surface area (Å²) in [5.41, 5.74) is 3.75. The second-order valence-electron chi connectivity index (χ2n) is 6.51. The van der Waals surface area contributed by atoms with Crippen molar-refractivity contribution in [2.24, 2.45) is 0 Å². The van der Waals surface area contributed by atoms with E-state index in [1.165, 1.54) is 16.7 Å². The first-order valence-electron chi connectivity index (χ1n) is 8.99. The predicted molar refractivity (Wildman–Crippen MR) is 105 cm³/mol. The van der Waals surface area contributed by atoms with Gasteiger partial charge in [-0.15, -0.1) is 0 Å². The molecule has 3 aromatic carbocycles. The van der Waals surface area contributed by atoms with Crippen molar-refractivity contribution in [3.05, 3.63) is 108 Å². The van der Waals surface area contributed by atoms with Crippen molar-refractivity contribution in [3.63, 3.8) is 0 Å². The highest BCUT2D eigenvalue weighted by Gasteiger charge is 2.30. The van der Waals surface area contributed by atoms with Crippen molar-refractivity contribution in [2.75, 3.05) is 6.61 Å². The molecule has 2 atom stereocenters. The molecule has 0 radical (unpaired) electrons. The van der Waals surface area contributed by atoms with E-state index >= 15 is 0 Å². The normalized spacial score (nSPS) is 18.5. The molecule has 1 aliphatic heterocycles. The fourth-order valence-electron chi connectivity index (χ4n) is 3.56. The van der Waals surface area contributed by atoms with Gasteiger partial charge in [-0.3, -0.25) is 0 Å². The van der Waals surface area contributed by atoms with Crippen LogP contribution in [0.4, 0.5) is 0 Å². The van der Waals surface area contributed by atoms with E-state index in [2.05, 4.69) is 61.2 Å². The second-order valence-corrected chi connectivity index (χ2v) is 6.51. The van der Waals surface area contributed by atoms with E-state index in [1.807, 2.05) is 24.3 Å². The van der Waals surface area contributed by atoms with E-state index in [0.29, 0.717) is 12.5 Å². The van der Waals surface area contributed by atoms with E-state index in [1.54, 1.807) is 6.08 Å². The third kappa shape index (κ3) is 3.36. The highest BCUT2D eigenvalue weighted by atomic mass is 16.5. The maximum Gasteiger partial charge on any atom is 0.125 e. The van der Waals surface area contributed by atoms with Gasteiger partial charge in [0.1, 0.15) is 24.2 Å². The Kier molecular flexibility index (Phi) is 4.74. The van der Waals surface area contributed by atoms with Crippen LogP contribution in [0.25, 0.3) is 0 Å². The van der Waals surface area contributed by atoms with Crippen molar-refractivity contribution in [1.29, 1.82) is 0 Å². The Bertz CT molecular complexity index is 868. The van der Waals surface area contributed by atoms with Gasteiger partial charge >= 0.3 is 0 Å². The summed E-state index contributed by atoms with van der Waals surface area (Å²) in [7, 11) is 0. The molecule has 2 heteroatoms. The van der Waals surface area contributed by atoms with E-state index in [9.17, 15) is 0 Å². The number of rotatable bonds is 5. The molecule has 0 spiro atoms. The van der Waals surface area contributed by atoms with Gasteiger partial charge in [-0.2, -0.15) is 0 Å². The molecule has 1 aliphatic rings.